The average Bonchev–Trinajstić information content (AvgIpc) is 2.47. The predicted molar refractivity (Wildman–Crippen MR) is 55.2 cm³/mol. The molecule has 0 saturated carbocycles. The summed E-state index contributed by atoms with van der Waals surface area (Å²) >= 11 is 0. The molecule has 2 nitrogen and oxygen atoms in total. The highest BCUT2D eigenvalue weighted by molar-refractivity contribution is 6.03. The lowest BCUT2D eigenvalue weighted by atomic mass is 10.2. The molecule has 0 aromatic heterocycles. The third kappa shape index (κ3) is 1.93. The van der Waals surface area contributed by atoms with Crippen LogP contribution in [0.25, 0.3) is 0 Å². The Kier molecular flexibility index (Phi) is 2.49. The van der Waals surface area contributed by atoms with Crippen LogP contribution in [0.2, 0.25) is 0 Å². The molecule has 0 spiro atoms. The van der Waals surface area contributed by atoms with E-state index < -0.39 is 0 Å². The van der Waals surface area contributed by atoms with Gasteiger partial charge in [0.15, 0.2) is 5.84 Å². The van der Waals surface area contributed by atoms with Crippen molar-refractivity contribution < 1.29 is 4.39 Å². The van der Waals surface area contributed by atoms with Gasteiger partial charge in [-0.1, -0.05) is 6.08 Å². The fourth-order valence-electron chi connectivity index (χ4n) is 1.17. The fraction of sp³-hybridized carbons (Fsp3) is 0.0909. The topological polar surface area (TPSA) is 24.7 Å². The summed E-state index contributed by atoms with van der Waals surface area (Å²) in [6.45, 7) is 0. The summed E-state index contributed by atoms with van der Waals surface area (Å²) in [5.41, 5.74) is 0.828. The Morgan fingerprint density at radius 3 is 2.71 bits per heavy atom. The normalized spacial score (nSPS) is 15.1. The van der Waals surface area contributed by atoms with Gasteiger partial charge in [-0.25, -0.2) is 14.4 Å². The molecule has 0 bridgehead atoms. The van der Waals surface area contributed by atoms with Crippen molar-refractivity contribution in [3.05, 3.63) is 47.9 Å². The average molecular weight is 188 g/mol. The molecule has 0 aliphatic carbocycles. The van der Waals surface area contributed by atoms with Crippen LogP contribution < -0.4 is 0 Å². The van der Waals surface area contributed by atoms with Gasteiger partial charge in [0.25, 0.3) is 0 Å². The molecule has 1 aliphatic heterocycles. The van der Waals surface area contributed by atoms with Crippen molar-refractivity contribution in [3.63, 3.8) is 0 Å². The number of hydrogen-bond acceptors (Lipinski definition) is 2. The van der Waals surface area contributed by atoms with E-state index in [0.29, 0.717) is 5.84 Å². The van der Waals surface area contributed by atoms with Gasteiger partial charge in [0.2, 0.25) is 0 Å². The Morgan fingerprint density at radius 2 is 1.93 bits per heavy atom. The summed E-state index contributed by atoms with van der Waals surface area (Å²) < 4.78 is 12.6. The minimum atomic E-state index is -0.248. The van der Waals surface area contributed by atoms with E-state index in [0.717, 1.165) is 12.0 Å². The number of halogens is 1. The highest BCUT2D eigenvalue weighted by atomic mass is 19.1. The molecule has 1 aromatic rings. The van der Waals surface area contributed by atoms with Crippen LogP contribution in [0.3, 0.4) is 0 Å². The number of rotatable bonds is 1. The van der Waals surface area contributed by atoms with Gasteiger partial charge in [-0.05, 0) is 24.3 Å². The minimum Gasteiger partial charge on any atom is -0.241 e. The van der Waals surface area contributed by atoms with Crippen LogP contribution in [0.15, 0.2) is 46.5 Å². The second kappa shape index (κ2) is 3.96. The van der Waals surface area contributed by atoms with Crippen molar-refractivity contribution in [3.8, 4) is 0 Å². The third-order valence-electron chi connectivity index (χ3n) is 1.86. The predicted octanol–water partition coefficient (Wildman–Crippen LogP) is 2.56. The van der Waals surface area contributed by atoms with Crippen molar-refractivity contribution in [1.82, 2.24) is 0 Å². The Labute approximate surface area is 81.5 Å². The second-order valence-electron chi connectivity index (χ2n) is 2.89. The van der Waals surface area contributed by atoms with E-state index in [1.807, 2.05) is 6.08 Å². The molecule has 14 heavy (non-hydrogen) atoms. The molecule has 2 rings (SSSR count). The largest absolute Gasteiger partial charge is 0.241 e. The van der Waals surface area contributed by atoms with Crippen molar-refractivity contribution in [1.29, 1.82) is 0 Å². The summed E-state index contributed by atoms with van der Waals surface area (Å²) in [6, 6.07) is 6.15. The summed E-state index contributed by atoms with van der Waals surface area (Å²) in [6.07, 6.45) is 6.20. The van der Waals surface area contributed by atoms with Crippen molar-refractivity contribution >= 4 is 12.1 Å². The van der Waals surface area contributed by atoms with E-state index in [1.54, 1.807) is 24.5 Å². The first-order valence-corrected chi connectivity index (χ1v) is 4.37. The Bertz CT molecular complexity index is 402. The zero-order chi connectivity index (χ0) is 9.80. The molecule has 0 unspecified atom stereocenters. The molecule has 0 atom stereocenters. The van der Waals surface area contributed by atoms with Crippen molar-refractivity contribution in [2.45, 2.75) is 6.42 Å². The first-order chi connectivity index (χ1) is 6.86. The Balaban J connectivity index is 2.34. The molecule has 1 aromatic carbocycles. The van der Waals surface area contributed by atoms with Crippen LogP contribution in [0, 0.1) is 5.82 Å². The van der Waals surface area contributed by atoms with Gasteiger partial charge in [-0.3, -0.25) is 0 Å². The maximum Gasteiger partial charge on any atom is 0.158 e. The fourth-order valence-corrected chi connectivity index (χ4v) is 1.17. The van der Waals surface area contributed by atoms with Gasteiger partial charge in [-0.2, -0.15) is 0 Å². The molecule has 70 valence electrons. The molecular weight excluding hydrogens is 179 g/mol. The van der Waals surface area contributed by atoms with E-state index in [1.165, 1.54) is 12.1 Å². The molecular formula is C11H9FN2. The molecule has 1 heterocycles. The number of hydrogen-bond donors (Lipinski definition) is 0. The van der Waals surface area contributed by atoms with Crippen LogP contribution in [-0.2, 0) is 0 Å². The van der Waals surface area contributed by atoms with Gasteiger partial charge >= 0.3 is 0 Å². The second-order valence-corrected chi connectivity index (χ2v) is 2.89. The standard InChI is InChI=1S/C11H9FN2/c12-10-5-3-9(4-6-10)11-13-7-1-2-8-14-11/h1,3-8H,2H2. The van der Waals surface area contributed by atoms with Crippen LogP contribution in [0.1, 0.15) is 12.0 Å². The summed E-state index contributed by atoms with van der Waals surface area (Å²) in [7, 11) is 0. The number of amidine groups is 1. The van der Waals surface area contributed by atoms with Crippen LogP contribution in [0.4, 0.5) is 4.39 Å². The van der Waals surface area contributed by atoms with Crippen LogP contribution in [-0.4, -0.2) is 12.1 Å². The molecule has 3 heteroatoms. The number of benzene rings is 1. The molecule has 1 aliphatic rings. The lowest BCUT2D eigenvalue weighted by Crippen LogP contribution is -1.96. The third-order valence-corrected chi connectivity index (χ3v) is 1.86. The number of nitrogens with zero attached hydrogens (tertiary/aromatic N) is 2. The van der Waals surface area contributed by atoms with Crippen molar-refractivity contribution in [2.24, 2.45) is 9.98 Å². The van der Waals surface area contributed by atoms with Crippen molar-refractivity contribution in [2.75, 3.05) is 0 Å². The quantitative estimate of drug-likeness (QED) is 0.647. The van der Waals surface area contributed by atoms with Gasteiger partial charge in [-0.15, -0.1) is 0 Å². The maximum absolute atomic E-state index is 12.6. The van der Waals surface area contributed by atoms with E-state index in [-0.39, 0.29) is 5.82 Å². The zero-order valence-corrected chi connectivity index (χ0v) is 7.52. The van der Waals surface area contributed by atoms with Gasteiger partial charge in [0, 0.05) is 24.4 Å². The number of aliphatic imine (C=N–C) groups is 2. The monoisotopic (exact) mass is 188 g/mol. The smallest absolute Gasteiger partial charge is 0.158 e. The Morgan fingerprint density at radius 1 is 1.14 bits per heavy atom. The minimum absolute atomic E-state index is 0.248. The highest BCUT2D eigenvalue weighted by Gasteiger charge is 2.01. The first-order valence-electron chi connectivity index (χ1n) is 4.37. The van der Waals surface area contributed by atoms with Gasteiger partial charge in [0.1, 0.15) is 5.82 Å². The van der Waals surface area contributed by atoms with Gasteiger partial charge in [0.05, 0.1) is 0 Å². The summed E-state index contributed by atoms with van der Waals surface area (Å²) in [5.74, 6) is 0.376. The lowest BCUT2D eigenvalue weighted by molar-refractivity contribution is 0.628. The molecule has 0 radical (unpaired) electrons. The van der Waals surface area contributed by atoms with Crippen LogP contribution >= 0.6 is 0 Å². The van der Waals surface area contributed by atoms with E-state index in [4.69, 9.17) is 0 Å². The van der Waals surface area contributed by atoms with E-state index in [9.17, 15) is 4.39 Å². The number of allylic oxidation sites excluding steroid dienone is 1. The molecule has 0 fully saturated rings. The van der Waals surface area contributed by atoms with Gasteiger partial charge < -0.3 is 0 Å². The lowest BCUT2D eigenvalue weighted by Gasteiger charge is -1.98. The maximum atomic E-state index is 12.6. The SMILES string of the molecule is Fc1ccc(C2=NC=CCC=N2)cc1. The highest BCUT2D eigenvalue weighted by Crippen LogP contribution is 2.07. The summed E-state index contributed by atoms with van der Waals surface area (Å²) in [4.78, 5) is 8.30. The first kappa shape index (κ1) is 8.81. The van der Waals surface area contributed by atoms with Crippen LogP contribution in [0.5, 0.6) is 0 Å². The van der Waals surface area contributed by atoms with E-state index in [2.05, 4.69) is 9.98 Å². The molecule has 0 saturated heterocycles. The molecule has 0 N–H and O–H groups in total. The van der Waals surface area contributed by atoms with E-state index >= 15 is 0 Å². The summed E-state index contributed by atoms with van der Waals surface area (Å²) in [5, 5.41) is 0. The Hall–Kier alpha value is -1.77. The zero-order valence-electron chi connectivity index (χ0n) is 7.52. The molecule has 0 amide bonds.